The van der Waals surface area contributed by atoms with Crippen LogP contribution >= 0.6 is 23.2 Å². The lowest BCUT2D eigenvalue weighted by atomic mass is 10.1. The molecule has 2 nitrogen and oxygen atoms in total. The van der Waals surface area contributed by atoms with Gasteiger partial charge < -0.3 is 10.4 Å². The number of halogens is 3. The highest BCUT2D eigenvalue weighted by molar-refractivity contribution is 6.39. The molecule has 1 atom stereocenters. The fourth-order valence-corrected chi connectivity index (χ4v) is 3.18. The van der Waals surface area contributed by atoms with Gasteiger partial charge in [-0.05, 0) is 48.2 Å². The molecule has 0 aromatic heterocycles. The van der Waals surface area contributed by atoms with Gasteiger partial charge in [-0.15, -0.1) is 0 Å². The second-order valence-electron chi connectivity index (χ2n) is 4.86. The first-order valence-electron chi connectivity index (χ1n) is 6.27. The maximum Gasteiger partial charge on any atom is 0.126 e. The first-order chi connectivity index (χ1) is 9.54. The molecule has 20 heavy (non-hydrogen) atoms. The normalized spacial score (nSPS) is 17.1. The summed E-state index contributed by atoms with van der Waals surface area (Å²) in [5, 5.41) is 13.3. The molecule has 1 unspecified atom stereocenters. The molecule has 3 rings (SSSR count). The number of phenolic OH excluding ortho intramolecular Hbond substituents is 1. The maximum atomic E-state index is 13.2. The van der Waals surface area contributed by atoms with Gasteiger partial charge in [-0.3, -0.25) is 0 Å². The first-order valence-corrected chi connectivity index (χ1v) is 7.03. The summed E-state index contributed by atoms with van der Waals surface area (Å²) in [6.45, 7) is 0. The number of nitrogens with one attached hydrogen (secondary N) is 1. The summed E-state index contributed by atoms with van der Waals surface area (Å²) in [5.41, 5.74) is 2.76. The minimum absolute atomic E-state index is 0.0612. The van der Waals surface area contributed by atoms with Crippen molar-refractivity contribution in [1.82, 2.24) is 0 Å². The van der Waals surface area contributed by atoms with E-state index in [1.807, 2.05) is 6.07 Å². The molecule has 0 saturated carbocycles. The summed E-state index contributed by atoms with van der Waals surface area (Å²) < 4.78 is 13.2. The van der Waals surface area contributed by atoms with Gasteiger partial charge in [-0.25, -0.2) is 4.39 Å². The van der Waals surface area contributed by atoms with Crippen molar-refractivity contribution in [2.75, 3.05) is 5.32 Å². The van der Waals surface area contributed by atoms with Crippen molar-refractivity contribution >= 4 is 28.9 Å². The lowest BCUT2D eigenvalue weighted by Gasteiger charge is -2.18. The highest BCUT2D eigenvalue weighted by Crippen LogP contribution is 2.39. The SMILES string of the molecule is Oc1ccc2c(c1)CCC2Nc1c(Cl)cc(F)cc1Cl. The van der Waals surface area contributed by atoms with Crippen LogP contribution in [0.5, 0.6) is 5.75 Å². The molecule has 0 fully saturated rings. The van der Waals surface area contributed by atoms with Crippen molar-refractivity contribution in [3.8, 4) is 5.75 Å². The second-order valence-corrected chi connectivity index (χ2v) is 5.68. The van der Waals surface area contributed by atoms with E-state index in [0.29, 0.717) is 5.69 Å². The zero-order valence-electron chi connectivity index (χ0n) is 10.5. The third-order valence-electron chi connectivity index (χ3n) is 3.53. The van der Waals surface area contributed by atoms with Crippen LogP contribution in [0.3, 0.4) is 0 Å². The lowest BCUT2D eigenvalue weighted by Crippen LogP contribution is -2.08. The van der Waals surface area contributed by atoms with E-state index in [1.54, 1.807) is 12.1 Å². The topological polar surface area (TPSA) is 32.3 Å². The summed E-state index contributed by atoms with van der Waals surface area (Å²) in [6.07, 6.45) is 1.75. The van der Waals surface area contributed by atoms with Crippen molar-refractivity contribution in [1.29, 1.82) is 0 Å². The quantitative estimate of drug-likeness (QED) is 0.823. The van der Waals surface area contributed by atoms with Crippen LogP contribution in [0.25, 0.3) is 0 Å². The van der Waals surface area contributed by atoms with Crippen LogP contribution in [0.15, 0.2) is 30.3 Å². The van der Waals surface area contributed by atoms with Crippen LogP contribution in [0.4, 0.5) is 10.1 Å². The van der Waals surface area contributed by atoms with Crippen LogP contribution in [-0.2, 0) is 6.42 Å². The van der Waals surface area contributed by atoms with E-state index in [-0.39, 0.29) is 21.8 Å². The largest absolute Gasteiger partial charge is 0.508 e. The van der Waals surface area contributed by atoms with Gasteiger partial charge in [-0.1, -0.05) is 29.3 Å². The van der Waals surface area contributed by atoms with E-state index in [1.165, 1.54) is 12.1 Å². The van der Waals surface area contributed by atoms with Crippen molar-refractivity contribution in [2.45, 2.75) is 18.9 Å². The molecule has 1 aliphatic rings. The number of aryl methyl sites for hydroxylation is 1. The lowest BCUT2D eigenvalue weighted by molar-refractivity contribution is 0.474. The van der Waals surface area contributed by atoms with E-state index in [2.05, 4.69) is 5.32 Å². The molecule has 0 radical (unpaired) electrons. The Morgan fingerprint density at radius 2 is 1.85 bits per heavy atom. The number of anilines is 1. The number of hydrogen-bond acceptors (Lipinski definition) is 2. The fraction of sp³-hybridized carbons (Fsp3) is 0.200. The summed E-state index contributed by atoms with van der Waals surface area (Å²) in [7, 11) is 0. The first kappa shape index (κ1) is 13.5. The molecule has 1 aliphatic carbocycles. The van der Waals surface area contributed by atoms with Crippen LogP contribution in [-0.4, -0.2) is 5.11 Å². The van der Waals surface area contributed by atoms with Crippen LogP contribution in [0.2, 0.25) is 10.0 Å². The number of benzene rings is 2. The van der Waals surface area contributed by atoms with E-state index in [4.69, 9.17) is 23.2 Å². The third-order valence-corrected chi connectivity index (χ3v) is 4.13. The summed E-state index contributed by atoms with van der Waals surface area (Å²) in [6, 6.07) is 7.86. The number of aromatic hydroxyl groups is 1. The zero-order valence-corrected chi connectivity index (χ0v) is 12.0. The van der Waals surface area contributed by atoms with E-state index < -0.39 is 5.82 Å². The van der Waals surface area contributed by atoms with Gasteiger partial charge in [0, 0.05) is 0 Å². The Morgan fingerprint density at radius 1 is 1.15 bits per heavy atom. The molecule has 0 bridgehead atoms. The predicted molar refractivity (Wildman–Crippen MR) is 79.2 cm³/mol. The highest BCUT2D eigenvalue weighted by Gasteiger charge is 2.24. The van der Waals surface area contributed by atoms with Crippen molar-refractivity contribution < 1.29 is 9.50 Å². The van der Waals surface area contributed by atoms with Crippen LogP contribution in [0, 0.1) is 5.82 Å². The molecule has 5 heteroatoms. The Labute approximate surface area is 126 Å². The van der Waals surface area contributed by atoms with Gasteiger partial charge in [-0.2, -0.15) is 0 Å². The van der Waals surface area contributed by atoms with Crippen LogP contribution in [0.1, 0.15) is 23.6 Å². The van der Waals surface area contributed by atoms with Crippen molar-refractivity contribution in [3.63, 3.8) is 0 Å². The Morgan fingerprint density at radius 3 is 2.55 bits per heavy atom. The maximum absolute atomic E-state index is 13.2. The molecule has 0 saturated heterocycles. The molecule has 2 aromatic rings. The minimum Gasteiger partial charge on any atom is -0.508 e. The molecular weight excluding hydrogens is 300 g/mol. The monoisotopic (exact) mass is 311 g/mol. The number of fused-ring (bicyclic) bond motifs is 1. The minimum atomic E-state index is -0.456. The van der Waals surface area contributed by atoms with E-state index >= 15 is 0 Å². The second kappa shape index (κ2) is 5.15. The molecule has 0 aliphatic heterocycles. The zero-order chi connectivity index (χ0) is 14.3. The molecule has 2 N–H and O–H groups in total. The molecule has 2 aromatic carbocycles. The van der Waals surface area contributed by atoms with Gasteiger partial charge in [0.25, 0.3) is 0 Å². The standard InChI is InChI=1S/C15H12Cl2FNO/c16-12-6-9(18)7-13(17)15(12)19-14-4-1-8-5-10(20)2-3-11(8)14/h2-3,5-7,14,19-20H,1,4H2. The van der Waals surface area contributed by atoms with Gasteiger partial charge in [0.15, 0.2) is 0 Å². The molecule has 0 spiro atoms. The Kier molecular flexibility index (Phi) is 3.48. The number of phenols is 1. The Bertz CT molecular complexity index is 652. The molecule has 104 valence electrons. The number of rotatable bonds is 2. The average molecular weight is 312 g/mol. The van der Waals surface area contributed by atoms with Gasteiger partial charge in [0.1, 0.15) is 11.6 Å². The van der Waals surface area contributed by atoms with Gasteiger partial charge in [0.2, 0.25) is 0 Å². The van der Waals surface area contributed by atoms with Crippen molar-refractivity contribution in [3.05, 3.63) is 57.3 Å². The summed E-state index contributed by atoms with van der Waals surface area (Å²) in [5.74, 6) is -0.190. The van der Waals surface area contributed by atoms with Gasteiger partial charge >= 0.3 is 0 Å². The van der Waals surface area contributed by atoms with Crippen molar-refractivity contribution in [2.24, 2.45) is 0 Å². The average Bonchev–Trinajstić information content (AvgIpc) is 2.76. The summed E-state index contributed by atoms with van der Waals surface area (Å²) in [4.78, 5) is 0. The molecule has 0 amide bonds. The fourth-order valence-electron chi connectivity index (χ4n) is 2.61. The molecular formula is C15H12Cl2FNO. The smallest absolute Gasteiger partial charge is 0.126 e. The van der Waals surface area contributed by atoms with Crippen LogP contribution < -0.4 is 5.32 Å². The van der Waals surface area contributed by atoms with E-state index in [9.17, 15) is 9.50 Å². The highest BCUT2D eigenvalue weighted by atomic mass is 35.5. The molecule has 0 heterocycles. The Balaban J connectivity index is 1.91. The van der Waals surface area contributed by atoms with E-state index in [0.717, 1.165) is 24.0 Å². The summed E-state index contributed by atoms with van der Waals surface area (Å²) >= 11 is 12.1. The van der Waals surface area contributed by atoms with Gasteiger partial charge in [0.05, 0.1) is 21.8 Å². The predicted octanol–water partition coefficient (Wildman–Crippen LogP) is 4.94. The Hall–Kier alpha value is -1.45. The third kappa shape index (κ3) is 2.43. The number of hydrogen-bond donors (Lipinski definition) is 2.